The Labute approximate surface area is 292 Å². The van der Waals surface area contributed by atoms with Crippen molar-refractivity contribution in [1.29, 1.82) is 0 Å². The van der Waals surface area contributed by atoms with Crippen molar-refractivity contribution in [3.63, 3.8) is 0 Å². The van der Waals surface area contributed by atoms with Crippen LogP contribution in [0.1, 0.15) is 79.2 Å². The van der Waals surface area contributed by atoms with Gasteiger partial charge < -0.3 is 19.3 Å². The van der Waals surface area contributed by atoms with E-state index in [9.17, 15) is 19.2 Å². The van der Waals surface area contributed by atoms with Gasteiger partial charge in [0, 0.05) is 93.4 Å². The Morgan fingerprint density at radius 1 is 0.818 bits per heavy atom. The molecule has 44 heavy (non-hydrogen) atoms. The van der Waals surface area contributed by atoms with Crippen LogP contribution >= 0.6 is 0 Å². The van der Waals surface area contributed by atoms with E-state index in [-0.39, 0.29) is 32.8 Å². The highest BCUT2D eigenvalue weighted by molar-refractivity contribution is 8.73. The van der Waals surface area contributed by atoms with Crippen LogP contribution in [0.5, 0.6) is 0 Å². The molecule has 8 nitrogen and oxygen atoms in total. The van der Waals surface area contributed by atoms with Crippen LogP contribution in [0.15, 0.2) is 30.3 Å². The molecule has 3 rings (SSSR count). The fourth-order valence-corrected chi connectivity index (χ4v) is 20.0. The average molecular weight is 799 g/mol. The van der Waals surface area contributed by atoms with Crippen molar-refractivity contribution in [3.05, 3.63) is 35.9 Å². The summed E-state index contributed by atoms with van der Waals surface area (Å²) in [5.74, 6) is -1.31. The molecule has 0 spiro atoms. The maximum Gasteiger partial charge on any atom is 0.351 e. The molecule has 1 N–H and O–H groups in total. The maximum atomic E-state index is 12.2. The first-order chi connectivity index (χ1) is 20.4. The molecular formula is C26H38O8S10. The Morgan fingerprint density at radius 2 is 1.23 bits per heavy atom. The third kappa shape index (κ3) is 16.7. The van der Waals surface area contributed by atoms with Gasteiger partial charge in [-0.05, 0) is 43.1 Å². The molecule has 2 heterocycles. The van der Waals surface area contributed by atoms with Crippen LogP contribution in [0.4, 0.5) is 0 Å². The van der Waals surface area contributed by atoms with Crippen molar-refractivity contribution in [2.75, 3.05) is 0 Å². The molecule has 2 saturated heterocycles. The first kappa shape index (κ1) is 43.3. The molecule has 0 amide bonds. The maximum absolute atomic E-state index is 12.2. The number of hydrogen-bond donors (Lipinski definition) is 1. The lowest BCUT2D eigenvalue weighted by Gasteiger charge is -2.38. The molecule has 0 radical (unpaired) electrons. The number of ether oxygens (including phenoxy) is 3. The number of cyclic esters (lactones) is 2. The van der Waals surface area contributed by atoms with E-state index in [0.717, 1.165) is 18.4 Å². The number of rotatable bonds is 10. The molecule has 0 aliphatic carbocycles. The quantitative estimate of drug-likeness (QED) is 0.265. The molecular weight excluding hydrogens is 761 g/mol. The normalized spacial score (nSPS) is 19.1. The summed E-state index contributed by atoms with van der Waals surface area (Å²) in [7, 11) is 12.7. The van der Waals surface area contributed by atoms with Crippen molar-refractivity contribution >= 4 is 117 Å². The van der Waals surface area contributed by atoms with E-state index in [4.69, 9.17) is 19.3 Å². The van der Waals surface area contributed by atoms with E-state index in [0.29, 0.717) is 24.7 Å². The second-order valence-corrected chi connectivity index (χ2v) is 24.2. The van der Waals surface area contributed by atoms with Crippen molar-refractivity contribution in [1.82, 2.24) is 0 Å². The van der Waals surface area contributed by atoms with Crippen LogP contribution in [0, 0.1) is 11.8 Å². The van der Waals surface area contributed by atoms with E-state index in [2.05, 4.69) is 36.2 Å². The number of benzene rings is 1. The highest BCUT2D eigenvalue weighted by Crippen LogP contribution is 2.36. The summed E-state index contributed by atoms with van der Waals surface area (Å²) in [6.07, 6.45) is 2.70. The number of hydrogen-bond acceptors (Lipinski definition) is 9. The summed E-state index contributed by atoms with van der Waals surface area (Å²) in [5, 5.41) is 8.84. The van der Waals surface area contributed by atoms with Gasteiger partial charge in [-0.1, -0.05) is 65.5 Å². The standard InChI is InChI=1S/C16H20O4.C9H14O4.CH4.S10/c1-12(2)8-9-16(10-14(17)20-16)15(18)19-11-13-6-4-3-5-7-13;1-6(2)3-4-9(8(11)12)5-7(10)13-9;;1-3-5-7-9-10-8-6-4-2/h3-7,12H,8-11H2,1-2H3;6H,3-5H2,1-2H3,(H,11,12);1H4;/t16-;9-;;/m11../s1. The van der Waals surface area contributed by atoms with Gasteiger partial charge in [0.15, 0.2) is 0 Å². The van der Waals surface area contributed by atoms with Crippen LogP contribution in [0.3, 0.4) is 0 Å². The zero-order valence-electron chi connectivity index (χ0n) is 23.9. The predicted octanol–water partition coefficient (Wildman–Crippen LogP) is 4.66. The van der Waals surface area contributed by atoms with Crippen LogP contribution in [-0.2, 0) is 133 Å². The molecule has 0 unspecified atom stereocenters. The first-order valence-electron chi connectivity index (χ1n) is 12.9. The van der Waals surface area contributed by atoms with Crippen molar-refractivity contribution < 1.29 is 38.5 Å². The van der Waals surface area contributed by atoms with Crippen LogP contribution in [0.25, 0.3) is 0 Å². The number of esters is 3. The minimum absolute atomic E-state index is 0. The Balaban J connectivity index is 0.000000670. The zero-order chi connectivity index (χ0) is 32.3. The summed E-state index contributed by atoms with van der Waals surface area (Å²) in [6, 6.07) is 9.47. The fourth-order valence-electron chi connectivity index (χ4n) is 3.57. The third-order valence-corrected chi connectivity index (χ3v) is 21.5. The minimum atomic E-state index is -1.21. The largest absolute Gasteiger partial charge is 0.478 e. The lowest BCUT2D eigenvalue weighted by molar-refractivity contribution is -0.210. The molecule has 18 heteroatoms. The highest BCUT2D eigenvalue weighted by atomic mass is 33.4. The van der Waals surface area contributed by atoms with Gasteiger partial charge in [-0.2, -0.15) is 0 Å². The van der Waals surface area contributed by atoms with Crippen molar-refractivity contribution in [2.45, 2.75) is 91.5 Å². The summed E-state index contributed by atoms with van der Waals surface area (Å²) < 4.78 is 15.1. The van der Waals surface area contributed by atoms with Crippen molar-refractivity contribution in [2.24, 2.45) is 11.8 Å². The summed E-state index contributed by atoms with van der Waals surface area (Å²) in [4.78, 5) is 44.7. The van der Waals surface area contributed by atoms with Gasteiger partial charge in [-0.15, -0.1) is 0 Å². The van der Waals surface area contributed by atoms with E-state index >= 15 is 0 Å². The Morgan fingerprint density at radius 3 is 1.61 bits per heavy atom. The Bertz CT molecular complexity index is 1410. The van der Waals surface area contributed by atoms with Crippen molar-refractivity contribution in [3.8, 4) is 0 Å². The second-order valence-electron chi connectivity index (χ2n) is 10.1. The van der Waals surface area contributed by atoms with Gasteiger partial charge in [0.1, 0.15) is 6.61 Å². The Kier molecular flexibility index (Phi) is 23.2. The summed E-state index contributed by atoms with van der Waals surface area (Å²) in [6.45, 7) is 8.37. The van der Waals surface area contributed by atoms with Crippen LogP contribution in [0.2, 0.25) is 0 Å². The molecule has 250 valence electrons. The van der Waals surface area contributed by atoms with Crippen LogP contribution < -0.4 is 0 Å². The molecule has 2 aliphatic heterocycles. The minimum Gasteiger partial charge on any atom is -0.478 e. The molecule has 0 saturated carbocycles. The number of aliphatic carboxylic acids is 1. The number of carboxylic acid groups (broad SMARTS) is 1. The van der Waals surface area contributed by atoms with Gasteiger partial charge in [0.25, 0.3) is 0 Å². The third-order valence-electron chi connectivity index (χ3n) is 5.90. The Hall–Kier alpha value is -0.700. The van der Waals surface area contributed by atoms with Gasteiger partial charge in [-0.3, -0.25) is 9.59 Å². The van der Waals surface area contributed by atoms with E-state index < -0.39 is 29.1 Å². The van der Waals surface area contributed by atoms with E-state index in [1.165, 1.54) is 17.8 Å². The first-order valence-corrected chi connectivity index (χ1v) is 24.9. The topological polar surface area (TPSA) is 116 Å². The number of carboxylic acids is 1. The molecule has 0 bridgehead atoms. The van der Waals surface area contributed by atoms with E-state index in [1.54, 1.807) is 53.3 Å². The number of carbonyl (C=O) groups is 4. The summed E-state index contributed by atoms with van der Waals surface area (Å²) in [5.41, 5.74) is -1.33. The highest BCUT2D eigenvalue weighted by Gasteiger charge is 2.54. The second kappa shape index (κ2) is 23.6. The molecule has 2 aliphatic rings. The zero-order valence-corrected chi connectivity index (χ0v) is 32.0. The fraction of sp³-hybridized carbons (Fsp3) is 0.615. The monoisotopic (exact) mass is 798 g/mol. The molecule has 1 aromatic carbocycles. The lowest BCUT2D eigenvalue weighted by atomic mass is 9.86. The van der Waals surface area contributed by atoms with E-state index in [1.807, 2.05) is 44.2 Å². The van der Waals surface area contributed by atoms with Gasteiger partial charge in [-0.25, -0.2) is 9.59 Å². The molecule has 1 aromatic rings. The SMILES string of the molecule is C.CC(C)CC[C@]1(C(=O)O)CC(=O)O1.CC(C)CC[C@]1(C(=O)OCc2ccccc2)CC(=O)O1.S=S=S=S=S=S=S=S=S=S. The van der Waals surface area contributed by atoms with Gasteiger partial charge in [0.2, 0.25) is 11.2 Å². The van der Waals surface area contributed by atoms with Gasteiger partial charge >= 0.3 is 23.9 Å². The van der Waals surface area contributed by atoms with Gasteiger partial charge in [0.05, 0.1) is 12.8 Å². The lowest BCUT2D eigenvalue weighted by Crippen LogP contribution is -2.54. The smallest absolute Gasteiger partial charge is 0.351 e. The summed E-state index contributed by atoms with van der Waals surface area (Å²) >= 11 is 9.31. The average Bonchev–Trinajstić information content (AvgIpc) is 2.93. The van der Waals surface area contributed by atoms with Crippen LogP contribution in [-0.4, -0.2) is 40.2 Å². The molecule has 2 fully saturated rings. The number of carbonyl (C=O) groups excluding carboxylic acids is 3. The molecule has 2 atom stereocenters. The molecule has 0 aromatic heterocycles. The predicted molar refractivity (Wildman–Crippen MR) is 199 cm³/mol.